The number of likely N-dealkylation sites (N-methyl/N-ethyl adjacent to an activating group) is 1. The zero-order chi connectivity index (χ0) is 25.4. The molecule has 8 heteroatoms. The second-order valence-corrected chi connectivity index (χ2v) is 11.2. The molecule has 1 saturated heterocycles. The Bertz CT molecular complexity index is 1230. The van der Waals surface area contributed by atoms with Gasteiger partial charge in [0.25, 0.3) is 0 Å². The summed E-state index contributed by atoms with van der Waals surface area (Å²) < 4.78 is 7.77. The molecule has 5 rings (SSSR count). The number of hydrogen-bond acceptors (Lipinski definition) is 6. The number of carbonyl (C=O) groups is 1. The van der Waals surface area contributed by atoms with Crippen molar-refractivity contribution in [2.75, 3.05) is 32.1 Å². The topological polar surface area (TPSA) is 66.2 Å². The molecule has 2 atom stereocenters. The number of hydrogen-bond donors (Lipinski definition) is 0. The summed E-state index contributed by atoms with van der Waals surface area (Å²) in [7, 11) is 4.02. The Morgan fingerprint density at radius 3 is 2.81 bits per heavy atom. The van der Waals surface area contributed by atoms with E-state index in [1.165, 1.54) is 17.7 Å². The van der Waals surface area contributed by atoms with Crippen molar-refractivity contribution in [3.63, 3.8) is 0 Å². The number of fused-ring (bicyclic) bond motifs is 2. The number of rotatable bonds is 5. The van der Waals surface area contributed by atoms with Crippen molar-refractivity contribution >= 4 is 17.6 Å². The Balaban J connectivity index is 1.30. The van der Waals surface area contributed by atoms with Crippen molar-refractivity contribution in [1.29, 1.82) is 0 Å². The summed E-state index contributed by atoms with van der Waals surface area (Å²) >= 11 is 0. The molecule has 0 unspecified atom stereocenters. The predicted molar refractivity (Wildman–Crippen MR) is 141 cm³/mol. The van der Waals surface area contributed by atoms with Gasteiger partial charge in [0, 0.05) is 39.1 Å². The van der Waals surface area contributed by atoms with E-state index in [2.05, 4.69) is 51.7 Å². The molecule has 3 aromatic rings. The monoisotopic (exact) mass is 490 g/mol. The van der Waals surface area contributed by atoms with Gasteiger partial charge in [-0.25, -0.2) is 9.78 Å². The van der Waals surface area contributed by atoms with Crippen molar-refractivity contribution in [3.05, 3.63) is 59.7 Å². The van der Waals surface area contributed by atoms with Crippen LogP contribution in [-0.4, -0.2) is 69.1 Å². The van der Waals surface area contributed by atoms with Crippen molar-refractivity contribution in [2.45, 2.75) is 70.7 Å². The van der Waals surface area contributed by atoms with Gasteiger partial charge < -0.3 is 14.5 Å². The maximum Gasteiger partial charge on any atom is 0.410 e. The molecule has 0 bridgehead atoms. The van der Waals surface area contributed by atoms with Gasteiger partial charge in [0.2, 0.25) is 0 Å². The van der Waals surface area contributed by atoms with Gasteiger partial charge in [0.15, 0.2) is 0 Å². The number of carbonyl (C=O) groups excluding carboxylic acids is 1. The van der Waals surface area contributed by atoms with E-state index in [4.69, 9.17) is 14.7 Å². The summed E-state index contributed by atoms with van der Waals surface area (Å²) in [6.45, 7) is 8.13. The number of amides is 1. The molecule has 192 valence electrons. The molecule has 1 amide bonds. The standard InChI is InChI=1S/C28H38N6O2/c1-28(2,3)36-27(35)32(5)22-14-16-33(19-22)25-13-7-12-24-30-21(18-34(24)25)17-31(4)23-11-6-9-20-10-8-15-29-26(20)23/h7-8,10,12-13,15,18,22-23H,6,9,11,14,16-17,19H2,1-5H3/t22-,23+/m1/s1. The maximum absolute atomic E-state index is 12.6. The number of ether oxygens (including phenoxy) is 1. The molecule has 36 heavy (non-hydrogen) atoms. The molecule has 4 heterocycles. The van der Waals surface area contributed by atoms with Gasteiger partial charge in [-0.05, 0) is 77.3 Å². The first-order valence-corrected chi connectivity index (χ1v) is 13.0. The molecule has 2 aliphatic rings. The lowest BCUT2D eigenvalue weighted by molar-refractivity contribution is 0.0238. The summed E-state index contributed by atoms with van der Waals surface area (Å²) in [4.78, 5) is 28.7. The number of nitrogens with zero attached hydrogens (tertiary/aromatic N) is 6. The van der Waals surface area contributed by atoms with Crippen LogP contribution >= 0.6 is 0 Å². The second-order valence-electron chi connectivity index (χ2n) is 11.2. The lowest BCUT2D eigenvalue weighted by atomic mass is 9.91. The predicted octanol–water partition coefficient (Wildman–Crippen LogP) is 4.68. The third-order valence-electron chi connectivity index (χ3n) is 7.35. The number of pyridine rings is 2. The fourth-order valence-corrected chi connectivity index (χ4v) is 5.51. The van der Waals surface area contributed by atoms with E-state index in [-0.39, 0.29) is 12.1 Å². The first-order valence-electron chi connectivity index (χ1n) is 13.0. The lowest BCUT2D eigenvalue weighted by Crippen LogP contribution is -2.42. The van der Waals surface area contributed by atoms with E-state index in [1.54, 1.807) is 4.90 Å². The molecule has 3 aromatic heterocycles. The van der Waals surface area contributed by atoms with Gasteiger partial charge in [-0.15, -0.1) is 0 Å². The van der Waals surface area contributed by atoms with Crippen LogP contribution in [0.3, 0.4) is 0 Å². The van der Waals surface area contributed by atoms with Gasteiger partial charge in [-0.1, -0.05) is 12.1 Å². The smallest absolute Gasteiger partial charge is 0.410 e. The zero-order valence-electron chi connectivity index (χ0n) is 22.1. The Morgan fingerprint density at radius 1 is 1.17 bits per heavy atom. The maximum atomic E-state index is 12.6. The number of imidazole rings is 1. The number of aryl methyl sites for hydroxylation is 1. The molecule has 0 N–H and O–H groups in total. The molecule has 0 aromatic carbocycles. The van der Waals surface area contributed by atoms with Crippen LogP contribution in [-0.2, 0) is 17.7 Å². The van der Waals surface area contributed by atoms with Crippen LogP contribution in [0.15, 0.2) is 42.7 Å². The first kappa shape index (κ1) is 24.6. The van der Waals surface area contributed by atoms with E-state index in [1.807, 2.05) is 40.1 Å². The highest BCUT2D eigenvalue weighted by atomic mass is 16.6. The fraction of sp³-hybridized carbons (Fsp3) is 0.536. The molecular formula is C28H38N6O2. The Kier molecular flexibility index (Phi) is 6.64. The fourth-order valence-electron chi connectivity index (χ4n) is 5.51. The highest BCUT2D eigenvalue weighted by Crippen LogP contribution is 2.33. The van der Waals surface area contributed by atoms with E-state index in [0.29, 0.717) is 6.04 Å². The summed E-state index contributed by atoms with van der Waals surface area (Å²) in [5.41, 5.74) is 4.09. The minimum Gasteiger partial charge on any atom is -0.444 e. The summed E-state index contributed by atoms with van der Waals surface area (Å²) in [6, 6.07) is 11.0. The molecule has 0 radical (unpaired) electrons. The van der Waals surface area contributed by atoms with Crippen molar-refractivity contribution < 1.29 is 9.53 Å². The highest BCUT2D eigenvalue weighted by molar-refractivity contribution is 5.68. The Labute approximate surface area is 213 Å². The summed E-state index contributed by atoms with van der Waals surface area (Å²) in [5, 5.41) is 0. The summed E-state index contributed by atoms with van der Waals surface area (Å²) in [5.74, 6) is 1.11. The molecule has 1 aliphatic carbocycles. The zero-order valence-corrected chi connectivity index (χ0v) is 22.1. The van der Waals surface area contributed by atoms with Crippen LogP contribution in [0, 0.1) is 0 Å². The van der Waals surface area contributed by atoms with Gasteiger partial charge in [-0.2, -0.15) is 0 Å². The third-order valence-corrected chi connectivity index (χ3v) is 7.35. The number of aromatic nitrogens is 3. The van der Waals surface area contributed by atoms with Gasteiger partial charge in [0.05, 0.1) is 23.5 Å². The Hall–Kier alpha value is -3.13. The van der Waals surface area contributed by atoms with Crippen LogP contribution in [0.4, 0.5) is 10.6 Å². The number of anilines is 1. The molecule has 1 aliphatic heterocycles. The van der Waals surface area contributed by atoms with Crippen molar-refractivity contribution in [3.8, 4) is 0 Å². The molecule has 0 saturated carbocycles. The Morgan fingerprint density at radius 2 is 2.00 bits per heavy atom. The van der Waals surface area contributed by atoms with Gasteiger partial charge in [0.1, 0.15) is 17.1 Å². The van der Waals surface area contributed by atoms with Crippen molar-refractivity contribution in [1.82, 2.24) is 24.2 Å². The average Bonchev–Trinajstić information content (AvgIpc) is 3.49. The van der Waals surface area contributed by atoms with E-state index >= 15 is 0 Å². The molecule has 1 fully saturated rings. The SMILES string of the molecule is CN(Cc1cn2c(N3CC[C@@H](N(C)C(=O)OC(C)(C)C)C3)cccc2n1)[C@H]1CCCc2cccnc21. The quantitative estimate of drug-likeness (QED) is 0.517. The molecule has 0 spiro atoms. The normalized spacial score (nSPS) is 20.1. The van der Waals surface area contributed by atoms with Crippen LogP contribution in [0.5, 0.6) is 0 Å². The molecular weight excluding hydrogens is 452 g/mol. The van der Waals surface area contributed by atoms with E-state index in [0.717, 1.165) is 56.1 Å². The van der Waals surface area contributed by atoms with Crippen LogP contribution in [0.1, 0.15) is 63.0 Å². The van der Waals surface area contributed by atoms with Gasteiger partial charge >= 0.3 is 6.09 Å². The van der Waals surface area contributed by atoms with Crippen LogP contribution in [0.2, 0.25) is 0 Å². The average molecular weight is 491 g/mol. The summed E-state index contributed by atoms with van der Waals surface area (Å²) in [6.07, 6.45) is 8.14. The van der Waals surface area contributed by atoms with Gasteiger partial charge in [-0.3, -0.25) is 14.3 Å². The third kappa shape index (κ3) is 5.05. The lowest BCUT2D eigenvalue weighted by Gasteiger charge is -2.31. The second kappa shape index (κ2) is 9.73. The van der Waals surface area contributed by atoms with Crippen molar-refractivity contribution in [2.24, 2.45) is 0 Å². The minimum absolute atomic E-state index is 0.114. The van der Waals surface area contributed by atoms with E-state index < -0.39 is 5.60 Å². The van der Waals surface area contributed by atoms with Crippen LogP contribution in [0.25, 0.3) is 5.65 Å². The largest absolute Gasteiger partial charge is 0.444 e. The minimum atomic E-state index is -0.495. The molecule has 8 nitrogen and oxygen atoms in total. The highest BCUT2D eigenvalue weighted by Gasteiger charge is 2.32. The van der Waals surface area contributed by atoms with E-state index in [9.17, 15) is 4.79 Å². The first-order chi connectivity index (χ1) is 17.2. The van der Waals surface area contributed by atoms with Crippen LogP contribution < -0.4 is 4.90 Å².